The highest BCUT2D eigenvalue weighted by Gasteiger charge is 2.36. The standard InChI is InChI=1S/C26H32N2O5/c1-15(2)22(23(29)28-26(4,5)24(30)31)16(3)27-25(32)33-14-21-19-12-8-6-10-17(19)18-11-7-9-13-20(18)21/h6-13,15-16,21-22H,14H2,1-5H3,(H,27,32)(H,28,29)(H,30,31). The molecule has 176 valence electrons. The molecule has 2 atom stereocenters. The lowest BCUT2D eigenvalue weighted by Gasteiger charge is -2.30. The second-order valence-corrected chi connectivity index (χ2v) is 9.45. The number of carboxylic acid groups (broad SMARTS) is 1. The summed E-state index contributed by atoms with van der Waals surface area (Å²) in [6.07, 6.45) is -0.611. The minimum absolute atomic E-state index is 0.0565. The number of benzene rings is 2. The van der Waals surface area contributed by atoms with Crippen LogP contribution in [0.25, 0.3) is 11.1 Å². The molecule has 2 aromatic carbocycles. The molecule has 0 heterocycles. The number of carbonyl (C=O) groups is 3. The van der Waals surface area contributed by atoms with Crippen LogP contribution >= 0.6 is 0 Å². The minimum atomic E-state index is -1.41. The lowest BCUT2D eigenvalue weighted by Crippen LogP contribution is -2.55. The molecule has 2 amide bonds. The molecule has 7 heteroatoms. The summed E-state index contributed by atoms with van der Waals surface area (Å²) in [6.45, 7) is 8.46. The summed E-state index contributed by atoms with van der Waals surface area (Å²) in [4.78, 5) is 36.8. The van der Waals surface area contributed by atoms with Gasteiger partial charge in [0.25, 0.3) is 0 Å². The number of fused-ring (bicyclic) bond motifs is 3. The van der Waals surface area contributed by atoms with E-state index in [0.29, 0.717) is 0 Å². The Hall–Kier alpha value is -3.35. The third-order valence-corrected chi connectivity index (χ3v) is 6.22. The molecule has 0 saturated heterocycles. The van der Waals surface area contributed by atoms with Gasteiger partial charge in [0.1, 0.15) is 12.1 Å². The molecule has 7 nitrogen and oxygen atoms in total. The van der Waals surface area contributed by atoms with Crippen molar-refractivity contribution in [3.8, 4) is 11.1 Å². The monoisotopic (exact) mass is 452 g/mol. The van der Waals surface area contributed by atoms with Crippen LogP contribution < -0.4 is 10.6 Å². The maximum atomic E-state index is 12.8. The van der Waals surface area contributed by atoms with Crippen molar-refractivity contribution in [2.75, 3.05) is 6.61 Å². The Labute approximate surface area is 194 Å². The predicted octanol–water partition coefficient (Wildman–Crippen LogP) is 4.17. The van der Waals surface area contributed by atoms with Crippen LogP contribution in [-0.2, 0) is 14.3 Å². The van der Waals surface area contributed by atoms with E-state index in [0.717, 1.165) is 22.3 Å². The molecule has 0 aromatic heterocycles. The molecule has 3 rings (SSSR count). The van der Waals surface area contributed by atoms with Crippen molar-refractivity contribution in [1.29, 1.82) is 0 Å². The number of amides is 2. The number of rotatable bonds is 8. The van der Waals surface area contributed by atoms with Crippen LogP contribution in [0.2, 0.25) is 0 Å². The van der Waals surface area contributed by atoms with E-state index >= 15 is 0 Å². The van der Waals surface area contributed by atoms with E-state index < -0.39 is 35.5 Å². The Morgan fingerprint density at radius 3 is 1.97 bits per heavy atom. The highest BCUT2D eigenvalue weighted by molar-refractivity contribution is 5.88. The maximum Gasteiger partial charge on any atom is 0.407 e. The van der Waals surface area contributed by atoms with Gasteiger partial charge in [0.15, 0.2) is 0 Å². The van der Waals surface area contributed by atoms with E-state index in [9.17, 15) is 19.5 Å². The molecule has 0 bridgehead atoms. The van der Waals surface area contributed by atoms with E-state index in [1.807, 2.05) is 50.2 Å². The van der Waals surface area contributed by atoms with Gasteiger partial charge in [-0.2, -0.15) is 0 Å². The molecule has 33 heavy (non-hydrogen) atoms. The summed E-state index contributed by atoms with van der Waals surface area (Å²) in [7, 11) is 0. The number of ether oxygens (including phenoxy) is 1. The normalized spacial score (nSPS) is 14.7. The largest absolute Gasteiger partial charge is 0.480 e. The van der Waals surface area contributed by atoms with Crippen molar-refractivity contribution in [1.82, 2.24) is 10.6 Å². The smallest absolute Gasteiger partial charge is 0.407 e. The first-order chi connectivity index (χ1) is 15.5. The fourth-order valence-electron chi connectivity index (χ4n) is 4.47. The van der Waals surface area contributed by atoms with Crippen molar-refractivity contribution in [2.45, 2.75) is 52.1 Å². The van der Waals surface area contributed by atoms with Crippen LogP contribution in [0, 0.1) is 11.8 Å². The molecule has 0 fully saturated rings. The molecule has 2 unspecified atom stereocenters. The Kier molecular flexibility index (Phi) is 7.10. The van der Waals surface area contributed by atoms with Gasteiger partial charge >= 0.3 is 12.1 Å². The Morgan fingerprint density at radius 2 is 1.48 bits per heavy atom. The number of hydrogen-bond acceptors (Lipinski definition) is 4. The summed E-state index contributed by atoms with van der Waals surface area (Å²) >= 11 is 0. The molecule has 2 aromatic rings. The summed E-state index contributed by atoms with van der Waals surface area (Å²) in [5.74, 6) is -2.36. The summed E-state index contributed by atoms with van der Waals surface area (Å²) < 4.78 is 5.58. The van der Waals surface area contributed by atoms with Gasteiger partial charge in [0.2, 0.25) is 5.91 Å². The molecule has 0 aliphatic heterocycles. The van der Waals surface area contributed by atoms with E-state index in [4.69, 9.17) is 4.74 Å². The number of nitrogens with one attached hydrogen (secondary N) is 2. The first-order valence-corrected chi connectivity index (χ1v) is 11.2. The summed E-state index contributed by atoms with van der Waals surface area (Å²) in [5, 5.41) is 14.6. The van der Waals surface area contributed by atoms with Crippen molar-refractivity contribution in [3.63, 3.8) is 0 Å². The predicted molar refractivity (Wildman–Crippen MR) is 126 cm³/mol. The molecule has 0 spiro atoms. The number of carboxylic acids is 1. The highest BCUT2D eigenvalue weighted by atomic mass is 16.5. The molecule has 1 aliphatic carbocycles. The molecular formula is C26H32N2O5. The zero-order valence-electron chi connectivity index (χ0n) is 19.7. The van der Waals surface area contributed by atoms with Crippen LogP contribution in [-0.4, -0.2) is 41.3 Å². The number of hydrogen-bond donors (Lipinski definition) is 3. The zero-order valence-corrected chi connectivity index (χ0v) is 19.7. The van der Waals surface area contributed by atoms with Gasteiger partial charge < -0.3 is 20.5 Å². The third-order valence-electron chi connectivity index (χ3n) is 6.22. The lowest BCUT2D eigenvalue weighted by molar-refractivity contribution is -0.147. The molecule has 0 saturated carbocycles. The van der Waals surface area contributed by atoms with Gasteiger partial charge in [-0.25, -0.2) is 9.59 Å². The fraction of sp³-hybridized carbons (Fsp3) is 0.423. The van der Waals surface area contributed by atoms with E-state index in [2.05, 4.69) is 22.8 Å². The Balaban J connectivity index is 1.65. The van der Waals surface area contributed by atoms with E-state index in [1.165, 1.54) is 13.8 Å². The van der Waals surface area contributed by atoms with E-state index in [-0.39, 0.29) is 18.4 Å². The first-order valence-electron chi connectivity index (χ1n) is 11.2. The van der Waals surface area contributed by atoms with Crippen molar-refractivity contribution >= 4 is 18.0 Å². The van der Waals surface area contributed by atoms with Gasteiger partial charge in [-0.1, -0.05) is 62.4 Å². The van der Waals surface area contributed by atoms with Crippen LogP contribution in [0.4, 0.5) is 4.79 Å². The van der Waals surface area contributed by atoms with Crippen molar-refractivity contribution in [2.24, 2.45) is 11.8 Å². The zero-order chi connectivity index (χ0) is 24.3. The minimum Gasteiger partial charge on any atom is -0.480 e. The molecule has 1 aliphatic rings. The Morgan fingerprint density at radius 1 is 0.970 bits per heavy atom. The van der Waals surface area contributed by atoms with Gasteiger partial charge in [0.05, 0.1) is 5.92 Å². The van der Waals surface area contributed by atoms with Crippen molar-refractivity contribution in [3.05, 3.63) is 59.7 Å². The van der Waals surface area contributed by atoms with Gasteiger partial charge in [-0.05, 0) is 48.9 Å². The highest BCUT2D eigenvalue weighted by Crippen LogP contribution is 2.44. The second-order valence-electron chi connectivity index (χ2n) is 9.45. The quantitative estimate of drug-likeness (QED) is 0.558. The van der Waals surface area contributed by atoms with Gasteiger partial charge in [-0.15, -0.1) is 0 Å². The van der Waals surface area contributed by atoms with Gasteiger partial charge in [0, 0.05) is 12.0 Å². The van der Waals surface area contributed by atoms with Crippen molar-refractivity contribution < 1.29 is 24.2 Å². The van der Waals surface area contributed by atoms with Gasteiger partial charge in [-0.3, -0.25) is 4.79 Å². The number of aliphatic carboxylic acids is 1. The Bertz CT molecular complexity index is 1000. The van der Waals surface area contributed by atoms with Crippen LogP contribution in [0.15, 0.2) is 48.5 Å². The molecular weight excluding hydrogens is 420 g/mol. The van der Waals surface area contributed by atoms with Crippen LogP contribution in [0.5, 0.6) is 0 Å². The number of alkyl carbamates (subject to hydrolysis) is 1. The molecule has 3 N–H and O–H groups in total. The molecule has 0 radical (unpaired) electrons. The third kappa shape index (κ3) is 5.18. The fourth-order valence-corrected chi connectivity index (χ4v) is 4.47. The van der Waals surface area contributed by atoms with E-state index in [1.54, 1.807) is 6.92 Å². The first kappa shape index (κ1) is 24.3. The lowest BCUT2D eigenvalue weighted by atomic mass is 9.87. The SMILES string of the molecule is CC(C)C(C(=O)NC(C)(C)C(=O)O)C(C)NC(=O)OCC1c2ccccc2-c2ccccc21. The summed E-state index contributed by atoms with van der Waals surface area (Å²) in [5.41, 5.74) is 3.12. The maximum absolute atomic E-state index is 12.8. The van der Waals surface area contributed by atoms with Crippen LogP contribution in [0.3, 0.4) is 0 Å². The van der Waals surface area contributed by atoms with Crippen LogP contribution in [0.1, 0.15) is 51.7 Å². The summed E-state index contributed by atoms with van der Waals surface area (Å²) in [6, 6.07) is 15.6. The topological polar surface area (TPSA) is 105 Å². The average molecular weight is 453 g/mol. The second kappa shape index (κ2) is 9.65. The average Bonchev–Trinajstić information content (AvgIpc) is 3.05. The number of carbonyl (C=O) groups excluding carboxylic acids is 2.